The Labute approximate surface area is 107 Å². The third-order valence-corrected chi connectivity index (χ3v) is 4.05. The van der Waals surface area contributed by atoms with E-state index in [0.717, 1.165) is 12.8 Å². The van der Waals surface area contributed by atoms with Gasteiger partial charge in [-0.3, -0.25) is 14.3 Å². The number of hydrogen-bond acceptors (Lipinski definition) is 3. The van der Waals surface area contributed by atoms with Gasteiger partial charge < -0.3 is 4.90 Å². The molecule has 3 atom stereocenters. The van der Waals surface area contributed by atoms with Gasteiger partial charge in [-0.15, -0.1) is 0 Å². The number of carbonyl (C=O) groups is 1. The number of nitrogens with zero attached hydrogens (tertiary/aromatic N) is 1. The van der Waals surface area contributed by atoms with E-state index in [1.165, 1.54) is 0 Å². The standard InChI is InChI=1S/C12H24N2O2S/c1-5-10-13-11(9(2)3)12(15)14(10)7-6-8-17(4)16/h9-11,13H,5-8H2,1-4H3. The molecule has 0 aromatic carbocycles. The summed E-state index contributed by atoms with van der Waals surface area (Å²) in [5.41, 5.74) is 0. The Balaban J connectivity index is 2.56. The van der Waals surface area contributed by atoms with Gasteiger partial charge in [0.1, 0.15) is 0 Å². The fraction of sp³-hybridized carbons (Fsp3) is 0.917. The van der Waals surface area contributed by atoms with Gasteiger partial charge >= 0.3 is 0 Å². The second-order valence-electron chi connectivity index (χ2n) is 4.97. The number of hydrogen-bond donors (Lipinski definition) is 1. The zero-order chi connectivity index (χ0) is 13.0. The van der Waals surface area contributed by atoms with Crippen LogP contribution < -0.4 is 5.32 Å². The van der Waals surface area contributed by atoms with Gasteiger partial charge in [0.25, 0.3) is 0 Å². The van der Waals surface area contributed by atoms with Crippen molar-refractivity contribution in [1.82, 2.24) is 10.2 Å². The minimum atomic E-state index is -0.766. The van der Waals surface area contributed by atoms with Crippen molar-refractivity contribution in [3.8, 4) is 0 Å². The Hall–Kier alpha value is -0.420. The van der Waals surface area contributed by atoms with Gasteiger partial charge in [0.2, 0.25) is 5.91 Å². The Morgan fingerprint density at radius 2 is 2.12 bits per heavy atom. The lowest BCUT2D eigenvalue weighted by Gasteiger charge is -2.22. The highest BCUT2D eigenvalue weighted by atomic mass is 32.2. The van der Waals surface area contributed by atoms with Gasteiger partial charge in [0.05, 0.1) is 12.2 Å². The van der Waals surface area contributed by atoms with Crippen LogP contribution in [0, 0.1) is 5.92 Å². The molecule has 1 rings (SSSR count). The average Bonchev–Trinajstić information content (AvgIpc) is 2.56. The quantitative estimate of drug-likeness (QED) is 0.773. The van der Waals surface area contributed by atoms with Crippen molar-refractivity contribution in [2.75, 3.05) is 18.6 Å². The van der Waals surface area contributed by atoms with Crippen molar-refractivity contribution >= 4 is 16.7 Å². The first-order valence-electron chi connectivity index (χ1n) is 6.34. The third-order valence-electron chi connectivity index (χ3n) is 3.18. The van der Waals surface area contributed by atoms with Gasteiger partial charge in [-0.2, -0.15) is 0 Å². The fourth-order valence-corrected chi connectivity index (χ4v) is 2.76. The summed E-state index contributed by atoms with van der Waals surface area (Å²) in [6, 6.07) is -0.0490. The lowest BCUT2D eigenvalue weighted by atomic mass is 10.1. The average molecular weight is 260 g/mol. The molecule has 1 heterocycles. The van der Waals surface area contributed by atoms with E-state index in [1.807, 2.05) is 4.90 Å². The smallest absolute Gasteiger partial charge is 0.241 e. The largest absolute Gasteiger partial charge is 0.326 e. The van der Waals surface area contributed by atoms with Crippen molar-refractivity contribution in [2.24, 2.45) is 5.92 Å². The predicted octanol–water partition coefficient (Wildman–Crippen LogP) is 0.947. The topological polar surface area (TPSA) is 49.4 Å². The molecular weight excluding hydrogens is 236 g/mol. The SMILES string of the molecule is CCC1NC(C(C)C)C(=O)N1CCCS(C)=O. The van der Waals surface area contributed by atoms with Crippen LogP contribution >= 0.6 is 0 Å². The van der Waals surface area contributed by atoms with Crippen LogP contribution in [0.4, 0.5) is 0 Å². The highest BCUT2D eigenvalue weighted by molar-refractivity contribution is 7.84. The summed E-state index contributed by atoms with van der Waals surface area (Å²) in [6.07, 6.45) is 3.60. The maximum Gasteiger partial charge on any atom is 0.241 e. The van der Waals surface area contributed by atoms with Crippen LogP contribution in [0.3, 0.4) is 0 Å². The molecular formula is C12H24N2O2S. The first-order valence-corrected chi connectivity index (χ1v) is 8.06. The summed E-state index contributed by atoms with van der Waals surface area (Å²) in [5, 5.41) is 3.38. The minimum absolute atomic E-state index is 0.0490. The Morgan fingerprint density at radius 3 is 2.59 bits per heavy atom. The molecule has 0 saturated carbocycles. The molecule has 1 aliphatic rings. The highest BCUT2D eigenvalue weighted by Crippen LogP contribution is 2.18. The van der Waals surface area contributed by atoms with Crippen LogP contribution in [0.25, 0.3) is 0 Å². The number of amides is 1. The second kappa shape index (κ2) is 6.50. The van der Waals surface area contributed by atoms with Crippen molar-refractivity contribution < 1.29 is 9.00 Å². The van der Waals surface area contributed by atoms with Crippen LogP contribution in [0.15, 0.2) is 0 Å². The minimum Gasteiger partial charge on any atom is -0.326 e. The van der Waals surface area contributed by atoms with Crippen LogP contribution in [-0.4, -0.2) is 45.8 Å². The second-order valence-corrected chi connectivity index (χ2v) is 6.53. The molecule has 1 saturated heterocycles. The van der Waals surface area contributed by atoms with E-state index in [9.17, 15) is 9.00 Å². The number of rotatable bonds is 6. The van der Waals surface area contributed by atoms with Gasteiger partial charge in [0, 0.05) is 29.4 Å². The van der Waals surface area contributed by atoms with E-state index in [1.54, 1.807) is 6.26 Å². The number of nitrogens with one attached hydrogen (secondary N) is 1. The maximum atomic E-state index is 12.2. The molecule has 0 radical (unpaired) electrons. The molecule has 3 unspecified atom stereocenters. The molecule has 0 aliphatic carbocycles. The number of carbonyl (C=O) groups excluding carboxylic acids is 1. The first-order chi connectivity index (χ1) is 7.97. The van der Waals surface area contributed by atoms with Crippen LogP contribution in [-0.2, 0) is 15.6 Å². The molecule has 1 amide bonds. The monoisotopic (exact) mass is 260 g/mol. The van der Waals surface area contributed by atoms with Crippen molar-refractivity contribution in [1.29, 1.82) is 0 Å². The third kappa shape index (κ3) is 3.78. The van der Waals surface area contributed by atoms with E-state index < -0.39 is 10.8 Å². The highest BCUT2D eigenvalue weighted by Gasteiger charge is 2.38. The molecule has 0 bridgehead atoms. The molecule has 0 aromatic rings. The Bertz CT molecular complexity index is 294. The molecule has 100 valence electrons. The van der Waals surface area contributed by atoms with Crippen LogP contribution in [0.5, 0.6) is 0 Å². The normalized spacial score (nSPS) is 26.9. The first kappa shape index (κ1) is 14.6. The van der Waals surface area contributed by atoms with Gasteiger partial charge in [0.15, 0.2) is 0 Å². The van der Waals surface area contributed by atoms with E-state index >= 15 is 0 Å². The Kier molecular flexibility index (Phi) is 5.59. The van der Waals surface area contributed by atoms with E-state index in [-0.39, 0.29) is 18.1 Å². The Morgan fingerprint density at radius 1 is 1.47 bits per heavy atom. The maximum absolute atomic E-state index is 12.2. The van der Waals surface area contributed by atoms with E-state index in [0.29, 0.717) is 18.2 Å². The van der Waals surface area contributed by atoms with Crippen molar-refractivity contribution in [3.05, 3.63) is 0 Å². The molecule has 0 aromatic heterocycles. The van der Waals surface area contributed by atoms with E-state index in [4.69, 9.17) is 0 Å². The summed E-state index contributed by atoms with van der Waals surface area (Å²) in [7, 11) is -0.766. The van der Waals surface area contributed by atoms with Gasteiger partial charge in [-0.05, 0) is 18.8 Å². The van der Waals surface area contributed by atoms with Crippen LogP contribution in [0.2, 0.25) is 0 Å². The van der Waals surface area contributed by atoms with Crippen LogP contribution in [0.1, 0.15) is 33.6 Å². The molecule has 5 heteroatoms. The summed E-state index contributed by atoms with van der Waals surface area (Å²) < 4.78 is 11.0. The molecule has 4 nitrogen and oxygen atoms in total. The molecule has 0 spiro atoms. The molecule has 17 heavy (non-hydrogen) atoms. The van der Waals surface area contributed by atoms with Crippen molar-refractivity contribution in [2.45, 2.75) is 45.8 Å². The van der Waals surface area contributed by atoms with E-state index in [2.05, 4.69) is 26.1 Å². The molecule has 1 fully saturated rings. The molecule has 1 aliphatic heterocycles. The fourth-order valence-electron chi connectivity index (χ4n) is 2.22. The lowest BCUT2D eigenvalue weighted by Crippen LogP contribution is -2.37. The zero-order valence-electron chi connectivity index (χ0n) is 11.2. The summed E-state index contributed by atoms with van der Waals surface area (Å²) in [6.45, 7) is 6.92. The van der Waals surface area contributed by atoms with Crippen molar-refractivity contribution in [3.63, 3.8) is 0 Å². The zero-order valence-corrected chi connectivity index (χ0v) is 12.0. The van der Waals surface area contributed by atoms with Gasteiger partial charge in [-0.25, -0.2) is 0 Å². The molecule has 1 N–H and O–H groups in total. The predicted molar refractivity (Wildman–Crippen MR) is 71.1 cm³/mol. The lowest BCUT2D eigenvalue weighted by molar-refractivity contribution is -0.130. The summed E-state index contributed by atoms with van der Waals surface area (Å²) in [5.74, 6) is 1.20. The summed E-state index contributed by atoms with van der Waals surface area (Å²) >= 11 is 0. The summed E-state index contributed by atoms with van der Waals surface area (Å²) in [4.78, 5) is 14.1. The van der Waals surface area contributed by atoms with Gasteiger partial charge in [-0.1, -0.05) is 20.8 Å².